The van der Waals surface area contributed by atoms with Gasteiger partial charge in [0, 0.05) is 11.5 Å². The lowest BCUT2D eigenvalue weighted by molar-refractivity contribution is -0.153. The van der Waals surface area contributed by atoms with Crippen molar-refractivity contribution in [2.75, 3.05) is 25.6 Å². The van der Waals surface area contributed by atoms with Crippen LogP contribution in [-0.2, 0) is 30.2 Å². The number of anilines is 1. The number of amides is 3. The second-order valence-corrected chi connectivity index (χ2v) is 12.3. The number of nitrogens with zero attached hydrogens (tertiary/aromatic N) is 2. The molecule has 12 nitrogen and oxygen atoms in total. The number of hydrogen-bond donors (Lipinski definition) is 3. The minimum atomic E-state index is -1.43. The number of rotatable bonds is 10. The SMILES string of the molecule is COC(=O)N[C@@H](C(=O)Nc1cncc(F)c1CC[C@@H]1CN(C(=O)OC(C)(C)C)C(C(=O)O)CO1)C(c1ccc(F)cc1)c1ccc(F)cc1. The van der Waals surface area contributed by atoms with Crippen molar-refractivity contribution < 1.29 is 51.7 Å². The molecule has 262 valence electrons. The zero-order valence-electron chi connectivity index (χ0n) is 27.2. The molecular formula is C34H37F3N4O8. The van der Waals surface area contributed by atoms with Gasteiger partial charge in [-0.25, -0.2) is 27.6 Å². The fraction of sp³-hybridized carbons (Fsp3) is 0.382. The molecule has 0 saturated carbocycles. The van der Waals surface area contributed by atoms with E-state index in [9.17, 15) is 33.1 Å². The molecule has 3 amide bonds. The first kappa shape index (κ1) is 36.7. The van der Waals surface area contributed by atoms with E-state index in [1.807, 2.05) is 0 Å². The quantitative estimate of drug-likeness (QED) is 0.267. The van der Waals surface area contributed by atoms with Crippen molar-refractivity contribution in [3.63, 3.8) is 0 Å². The summed E-state index contributed by atoms with van der Waals surface area (Å²) in [6.07, 6.45) is -0.298. The Bertz CT molecular complexity index is 1610. The maximum Gasteiger partial charge on any atom is 0.411 e. The molecule has 1 aliphatic heterocycles. The Hall–Kier alpha value is -5.18. The number of carbonyl (C=O) groups excluding carboxylic acids is 3. The van der Waals surface area contributed by atoms with Gasteiger partial charge in [0.1, 0.15) is 29.1 Å². The fourth-order valence-corrected chi connectivity index (χ4v) is 5.36. The summed E-state index contributed by atoms with van der Waals surface area (Å²) in [4.78, 5) is 56.0. The number of carboxylic acid groups (broad SMARTS) is 1. The Morgan fingerprint density at radius 2 is 1.59 bits per heavy atom. The smallest absolute Gasteiger partial charge is 0.411 e. The zero-order valence-corrected chi connectivity index (χ0v) is 27.2. The van der Waals surface area contributed by atoms with Crippen molar-refractivity contribution in [3.05, 3.63) is 95.1 Å². The number of carboxylic acids is 1. The number of benzene rings is 2. The molecule has 1 fully saturated rings. The molecule has 49 heavy (non-hydrogen) atoms. The van der Waals surface area contributed by atoms with Crippen LogP contribution in [0, 0.1) is 17.5 Å². The van der Waals surface area contributed by atoms with Crippen molar-refractivity contribution in [1.82, 2.24) is 15.2 Å². The van der Waals surface area contributed by atoms with Crippen molar-refractivity contribution in [1.29, 1.82) is 0 Å². The van der Waals surface area contributed by atoms with E-state index in [1.165, 1.54) is 54.7 Å². The van der Waals surface area contributed by atoms with Crippen LogP contribution < -0.4 is 10.6 Å². The third kappa shape index (κ3) is 9.69. The molecule has 0 bridgehead atoms. The van der Waals surface area contributed by atoms with Gasteiger partial charge in [0.15, 0.2) is 6.04 Å². The molecule has 1 aliphatic rings. The molecule has 1 aromatic heterocycles. The van der Waals surface area contributed by atoms with Gasteiger partial charge in [0.05, 0.1) is 44.4 Å². The van der Waals surface area contributed by atoms with E-state index in [1.54, 1.807) is 20.8 Å². The highest BCUT2D eigenvalue weighted by Gasteiger charge is 2.39. The summed E-state index contributed by atoms with van der Waals surface area (Å²) >= 11 is 0. The maximum absolute atomic E-state index is 15.3. The Morgan fingerprint density at radius 1 is 1.00 bits per heavy atom. The lowest BCUT2D eigenvalue weighted by Crippen LogP contribution is -2.56. The number of alkyl carbamates (subject to hydrolysis) is 1. The number of aromatic nitrogens is 1. The summed E-state index contributed by atoms with van der Waals surface area (Å²) in [5.74, 6) is -4.95. The topological polar surface area (TPSA) is 156 Å². The lowest BCUT2D eigenvalue weighted by Gasteiger charge is -2.38. The summed E-state index contributed by atoms with van der Waals surface area (Å²) in [5, 5.41) is 14.7. The molecular weight excluding hydrogens is 649 g/mol. The van der Waals surface area contributed by atoms with Gasteiger partial charge in [-0.15, -0.1) is 0 Å². The number of pyridine rings is 1. The molecule has 3 aromatic rings. The molecule has 0 aliphatic carbocycles. The molecule has 4 rings (SSSR count). The number of methoxy groups -OCH3 is 1. The van der Waals surface area contributed by atoms with Gasteiger partial charge in [-0.1, -0.05) is 24.3 Å². The van der Waals surface area contributed by atoms with Crippen LogP contribution in [0.1, 0.15) is 49.8 Å². The molecule has 15 heteroatoms. The molecule has 1 saturated heterocycles. The van der Waals surface area contributed by atoms with Crippen LogP contribution >= 0.6 is 0 Å². The van der Waals surface area contributed by atoms with E-state index < -0.39 is 71.2 Å². The highest BCUT2D eigenvalue weighted by molar-refractivity contribution is 5.98. The second kappa shape index (κ2) is 15.8. The van der Waals surface area contributed by atoms with Gasteiger partial charge in [0.25, 0.3) is 0 Å². The lowest BCUT2D eigenvalue weighted by atomic mass is 9.84. The number of hydrogen-bond acceptors (Lipinski definition) is 8. The monoisotopic (exact) mass is 686 g/mol. The van der Waals surface area contributed by atoms with Gasteiger partial charge >= 0.3 is 18.2 Å². The van der Waals surface area contributed by atoms with Crippen molar-refractivity contribution in [2.45, 2.75) is 63.3 Å². The van der Waals surface area contributed by atoms with E-state index in [0.717, 1.165) is 18.2 Å². The molecule has 0 spiro atoms. The Kier molecular flexibility index (Phi) is 11.8. The van der Waals surface area contributed by atoms with E-state index in [0.29, 0.717) is 11.1 Å². The fourth-order valence-electron chi connectivity index (χ4n) is 5.36. The first-order valence-electron chi connectivity index (χ1n) is 15.3. The highest BCUT2D eigenvalue weighted by Crippen LogP contribution is 2.31. The maximum atomic E-state index is 15.3. The normalized spacial score (nSPS) is 16.9. The van der Waals surface area contributed by atoms with Crippen LogP contribution in [0.5, 0.6) is 0 Å². The standard InChI is InChI=1S/C34H37F3N4O8/c1-34(2,3)49-33(46)41-17-23(48-18-27(41)31(43)44)13-14-24-25(37)15-38-16-26(24)39-30(42)29(40-32(45)47-4)28(19-5-9-21(35)10-6-19)20-7-11-22(36)12-8-20/h5-12,15-16,23,27-29H,13-14,17-18H2,1-4H3,(H,39,42)(H,40,45)(H,43,44)/t23-,27?,29-/m1/s1. The predicted octanol–water partition coefficient (Wildman–Crippen LogP) is 5.02. The van der Waals surface area contributed by atoms with Crippen LogP contribution in [0.15, 0.2) is 60.9 Å². The van der Waals surface area contributed by atoms with Crippen molar-refractivity contribution >= 4 is 29.8 Å². The van der Waals surface area contributed by atoms with Gasteiger partial charge in [-0.3, -0.25) is 14.7 Å². The van der Waals surface area contributed by atoms with Gasteiger partial charge in [0.2, 0.25) is 5.91 Å². The van der Waals surface area contributed by atoms with E-state index in [2.05, 4.69) is 15.6 Å². The summed E-state index contributed by atoms with van der Waals surface area (Å²) < 4.78 is 58.8. The Balaban J connectivity index is 1.60. The van der Waals surface area contributed by atoms with E-state index in [4.69, 9.17) is 14.2 Å². The summed E-state index contributed by atoms with van der Waals surface area (Å²) in [5.41, 5.74) is -0.111. The van der Waals surface area contributed by atoms with Crippen LogP contribution in [0.3, 0.4) is 0 Å². The first-order chi connectivity index (χ1) is 23.2. The second-order valence-electron chi connectivity index (χ2n) is 12.3. The number of ether oxygens (including phenoxy) is 3. The van der Waals surface area contributed by atoms with Crippen LogP contribution in [0.4, 0.5) is 28.4 Å². The summed E-state index contributed by atoms with van der Waals surface area (Å²) in [6, 6.07) is 7.62. The zero-order chi connectivity index (χ0) is 35.9. The van der Waals surface area contributed by atoms with Crippen LogP contribution in [0.25, 0.3) is 0 Å². The molecule has 1 unspecified atom stereocenters. The van der Waals surface area contributed by atoms with Gasteiger partial charge < -0.3 is 30.0 Å². The number of carbonyl (C=O) groups is 4. The minimum Gasteiger partial charge on any atom is -0.480 e. The summed E-state index contributed by atoms with van der Waals surface area (Å²) in [6.45, 7) is 4.47. The molecule has 0 radical (unpaired) electrons. The van der Waals surface area contributed by atoms with E-state index >= 15 is 4.39 Å². The van der Waals surface area contributed by atoms with Crippen LogP contribution in [0.2, 0.25) is 0 Å². The first-order valence-corrected chi connectivity index (χ1v) is 15.3. The van der Waals surface area contributed by atoms with Crippen molar-refractivity contribution in [3.8, 4) is 0 Å². The highest BCUT2D eigenvalue weighted by atomic mass is 19.1. The third-order valence-corrected chi connectivity index (χ3v) is 7.69. The van der Waals surface area contributed by atoms with Gasteiger partial charge in [-0.2, -0.15) is 0 Å². The predicted molar refractivity (Wildman–Crippen MR) is 169 cm³/mol. The Labute approximate surface area is 280 Å². The Morgan fingerprint density at radius 3 is 2.12 bits per heavy atom. The molecule has 2 heterocycles. The third-order valence-electron chi connectivity index (χ3n) is 7.69. The van der Waals surface area contributed by atoms with Crippen LogP contribution in [-0.4, -0.2) is 83.1 Å². The summed E-state index contributed by atoms with van der Waals surface area (Å²) in [7, 11) is 1.10. The number of aliphatic carboxylic acids is 1. The van der Waals surface area contributed by atoms with E-state index in [-0.39, 0.29) is 37.2 Å². The molecule has 2 aromatic carbocycles. The largest absolute Gasteiger partial charge is 0.480 e. The molecule has 3 atom stereocenters. The molecule has 3 N–H and O–H groups in total. The minimum absolute atomic E-state index is 0.0214. The number of halogens is 3. The average molecular weight is 687 g/mol. The van der Waals surface area contributed by atoms with Crippen molar-refractivity contribution in [2.24, 2.45) is 0 Å². The number of nitrogens with one attached hydrogen (secondary N) is 2. The average Bonchev–Trinajstić information content (AvgIpc) is 3.04. The van der Waals surface area contributed by atoms with Gasteiger partial charge in [-0.05, 0) is 69.0 Å². The number of morpholine rings is 1.